The number of pyridine rings is 1. The van der Waals surface area contributed by atoms with Gasteiger partial charge < -0.3 is 10.6 Å². The van der Waals surface area contributed by atoms with Crippen LogP contribution in [0.15, 0.2) is 36.7 Å². The van der Waals surface area contributed by atoms with Gasteiger partial charge in [0.15, 0.2) is 5.65 Å². The Labute approximate surface area is 183 Å². The van der Waals surface area contributed by atoms with Crippen LogP contribution in [0.25, 0.3) is 11.0 Å². The van der Waals surface area contributed by atoms with Crippen LogP contribution in [-0.4, -0.2) is 32.8 Å². The maximum atomic E-state index is 13.4. The average molecular weight is 418 g/mol. The van der Waals surface area contributed by atoms with E-state index in [1.165, 1.54) is 24.0 Å². The van der Waals surface area contributed by atoms with E-state index in [9.17, 15) is 4.79 Å². The SMILES string of the molecule is CCn1ncc2c(NC3CCCC(C)C3)c(C(=O)NC3Cc4ccccc4C3)cnc21. The van der Waals surface area contributed by atoms with Gasteiger partial charge in [-0.1, -0.05) is 44.0 Å². The fourth-order valence-corrected chi connectivity index (χ4v) is 5.28. The zero-order valence-corrected chi connectivity index (χ0v) is 18.4. The van der Waals surface area contributed by atoms with Crippen molar-refractivity contribution >= 4 is 22.6 Å². The summed E-state index contributed by atoms with van der Waals surface area (Å²) in [5.74, 6) is 0.652. The number of aromatic nitrogens is 3. The standard InChI is InChI=1S/C25H31N5O/c1-3-30-24-21(15-27-30)23(28-19-10-6-7-16(2)11-19)22(14-26-24)25(31)29-20-12-17-8-4-5-9-18(17)13-20/h4-5,8-9,14-16,19-20H,3,6-7,10-13H2,1-2H3,(H,26,28)(H,29,31). The predicted molar refractivity (Wildman–Crippen MR) is 123 cm³/mol. The first-order valence-corrected chi connectivity index (χ1v) is 11.6. The van der Waals surface area contributed by atoms with Gasteiger partial charge in [0, 0.05) is 24.8 Å². The molecule has 6 heteroatoms. The third-order valence-corrected chi connectivity index (χ3v) is 6.88. The monoisotopic (exact) mass is 417 g/mol. The van der Waals surface area contributed by atoms with E-state index in [-0.39, 0.29) is 11.9 Å². The molecule has 2 aliphatic carbocycles. The van der Waals surface area contributed by atoms with Crippen molar-refractivity contribution in [2.45, 2.75) is 71.0 Å². The van der Waals surface area contributed by atoms with Gasteiger partial charge in [-0.3, -0.25) is 4.79 Å². The van der Waals surface area contributed by atoms with Crippen LogP contribution in [0.5, 0.6) is 0 Å². The highest BCUT2D eigenvalue weighted by atomic mass is 16.1. The molecule has 5 rings (SSSR count). The molecule has 1 amide bonds. The van der Waals surface area contributed by atoms with E-state index < -0.39 is 0 Å². The quantitative estimate of drug-likeness (QED) is 0.648. The van der Waals surface area contributed by atoms with Gasteiger partial charge in [-0.15, -0.1) is 0 Å². The lowest BCUT2D eigenvalue weighted by molar-refractivity contribution is 0.0939. The lowest BCUT2D eigenvalue weighted by Gasteiger charge is -2.29. The number of fused-ring (bicyclic) bond motifs is 2. The summed E-state index contributed by atoms with van der Waals surface area (Å²) in [5, 5.41) is 12.4. The largest absolute Gasteiger partial charge is 0.381 e. The topological polar surface area (TPSA) is 71.8 Å². The van der Waals surface area contributed by atoms with E-state index in [1.54, 1.807) is 6.20 Å². The van der Waals surface area contributed by atoms with Gasteiger partial charge in [0.25, 0.3) is 5.91 Å². The van der Waals surface area contributed by atoms with Gasteiger partial charge in [0.2, 0.25) is 0 Å². The molecule has 31 heavy (non-hydrogen) atoms. The minimum atomic E-state index is -0.0530. The molecular weight excluding hydrogens is 386 g/mol. The van der Waals surface area contributed by atoms with Crippen LogP contribution in [0.3, 0.4) is 0 Å². The van der Waals surface area contributed by atoms with Crippen molar-refractivity contribution in [2.24, 2.45) is 5.92 Å². The highest BCUT2D eigenvalue weighted by Crippen LogP contribution is 2.32. The molecule has 1 saturated carbocycles. The highest BCUT2D eigenvalue weighted by molar-refractivity contribution is 6.06. The highest BCUT2D eigenvalue weighted by Gasteiger charge is 2.27. The fourth-order valence-electron chi connectivity index (χ4n) is 5.28. The van der Waals surface area contributed by atoms with Crippen molar-refractivity contribution in [3.63, 3.8) is 0 Å². The molecule has 0 radical (unpaired) electrons. The molecule has 2 unspecified atom stereocenters. The van der Waals surface area contributed by atoms with E-state index >= 15 is 0 Å². The van der Waals surface area contributed by atoms with E-state index in [0.29, 0.717) is 17.5 Å². The Kier molecular flexibility index (Phi) is 5.38. The third-order valence-electron chi connectivity index (χ3n) is 6.88. The number of amides is 1. The number of aryl methyl sites for hydroxylation is 1. The summed E-state index contributed by atoms with van der Waals surface area (Å²) in [7, 11) is 0. The fraction of sp³-hybridized carbons (Fsp3) is 0.480. The van der Waals surface area contributed by atoms with Crippen LogP contribution in [0.1, 0.15) is 61.0 Å². The second kappa shape index (κ2) is 8.33. The Morgan fingerprint density at radius 2 is 1.90 bits per heavy atom. The number of nitrogens with one attached hydrogen (secondary N) is 2. The van der Waals surface area contributed by atoms with E-state index in [0.717, 1.165) is 48.9 Å². The van der Waals surface area contributed by atoms with Crippen LogP contribution in [-0.2, 0) is 19.4 Å². The number of hydrogen-bond acceptors (Lipinski definition) is 4. The molecule has 0 saturated heterocycles. The maximum Gasteiger partial charge on any atom is 0.255 e. The molecule has 6 nitrogen and oxygen atoms in total. The number of carbonyl (C=O) groups excluding carboxylic acids is 1. The number of carbonyl (C=O) groups is 1. The van der Waals surface area contributed by atoms with Crippen LogP contribution in [0.2, 0.25) is 0 Å². The lowest BCUT2D eigenvalue weighted by atomic mass is 9.87. The first-order valence-electron chi connectivity index (χ1n) is 11.6. The number of hydrogen-bond donors (Lipinski definition) is 2. The second-order valence-electron chi connectivity index (χ2n) is 9.20. The summed E-state index contributed by atoms with van der Waals surface area (Å²) in [4.78, 5) is 18.0. The molecule has 0 aliphatic heterocycles. The van der Waals surface area contributed by atoms with Gasteiger partial charge in [-0.25, -0.2) is 9.67 Å². The molecule has 2 N–H and O–H groups in total. The molecule has 0 bridgehead atoms. The molecule has 162 valence electrons. The smallest absolute Gasteiger partial charge is 0.255 e. The molecular formula is C25H31N5O. The molecule has 1 fully saturated rings. The van der Waals surface area contributed by atoms with E-state index in [4.69, 9.17) is 0 Å². The first kappa shape index (κ1) is 20.0. The zero-order valence-electron chi connectivity index (χ0n) is 18.4. The van der Waals surface area contributed by atoms with Crippen molar-refractivity contribution in [1.82, 2.24) is 20.1 Å². The molecule has 3 aromatic rings. The molecule has 2 atom stereocenters. The number of anilines is 1. The zero-order chi connectivity index (χ0) is 21.4. The van der Waals surface area contributed by atoms with Crippen molar-refractivity contribution < 1.29 is 4.79 Å². The summed E-state index contributed by atoms with van der Waals surface area (Å²) >= 11 is 0. The molecule has 2 aliphatic rings. The molecule has 2 heterocycles. The minimum absolute atomic E-state index is 0.0530. The summed E-state index contributed by atoms with van der Waals surface area (Å²) in [6.45, 7) is 5.13. The Balaban J connectivity index is 1.43. The summed E-state index contributed by atoms with van der Waals surface area (Å²) < 4.78 is 1.89. The summed E-state index contributed by atoms with van der Waals surface area (Å²) in [6, 6.07) is 8.96. The van der Waals surface area contributed by atoms with Gasteiger partial charge in [-0.2, -0.15) is 5.10 Å². The molecule has 1 aromatic carbocycles. The van der Waals surface area contributed by atoms with Crippen LogP contribution < -0.4 is 10.6 Å². The third kappa shape index (κ3) is 3.91. The van der Waals surface area contributed by atoms with Crippen LogP contribution in [0, 0.1) is 5.92 Å². The Morgan fingerprint density at radius 3 is 2.61 bits per heavy atom. The minimum Gasteiger partial charge on any atom is -0.381 e. The second-order valence-corrected chi connectivity index (χ2v) is 9.20. The number of benzene rings is 1. The molecule has 2 aromatic heterocycles. The van der Waals surface area contributed by atoms with Crippen molar-refractivity contribution in [1.29, 1.82) is 0 Å². The van der Waals surface area contributed by atoms with Gasteiger partial charge in [-0.05, 0) is 49.7 Å². The van der Waals surface area contributed by atoms with Crippen molar-refractivity contribution in [3.8, 4) is 0 Å². The molecule has 0 spiro atoms. The van der Waals surface area contributed by atoms with E-state index in [1.807, 2.05) is 10.9 Å². The van der Waals surface area contributed by atoms with Crippen molar-refractivity contribution in [2.75, 3.05) is 5.32 Å². The summed E-state index contributed by atoms with van der Waals surface area (Å²) in [5.41, 5.74) is 5.01. The maximum absolute atomic E-state index is 13.4. The van der Waals surface area contributed by atoms with Crippen LogP contribution in [0.4, 0.5) is 5.69 Å². The summed E-state index contributed by atoms with van der Waals surface area (Å²) in [6.07, 6.45) is 10.1. The van der Waals surface area contributed by atoms with Gasteiger partial charge in [0.05, 0.1) is 22.8 Å². The van der Waals surface area contributed by atoms with Crippen LogP contribution >= 0.6 is 0 Å². The Morgan fingerprint density at radius 1 is 1.13 bits per heavy atom. The average Bonchev–Trinajstić information content (AvgIpc) is 3.37. The Bertz CT molecular complexity index is 1080. The number of rotatable bonds is 5. The van der Waals surface area contributed by atoms with Gasteiger partial charge >= 0.3 is 0 Å². The predicted octanol–water partition coefficient (Wildman–Crippen LogP) is 4.34. The number of nitrogens with zero attached hydrogens (tertiary/aromatic N) is 3. The Hall–Kier alpha value is -2.89. The van der Waals surface area contributed by atoms with E-state index in [2.05, 4.69) is 58.8 Å². The van der Waals surface area contributed by atoms with Gasteiger partial charge in [0.1, 0.15) is 0 Å². The van der Waals surface area contributed by atoms with Crippen molar-refractivity contribution in [3.05, 3.63) is 53.3 Å². The normalized spacial score (nSPS) is 21.2. The lowest BCUT2D eigenvalue weighted by Crippen LogP contribution is -2.36. The first-order chi connectivity index (χ1) is 15.1.